The largest absolute Gasteiger partial charge is 0.505 e. The first kappa shape index (κ1) is 12.8. The van der Waals surface area contributed by atoms with Gasteiger partial charge < -0.3 is 10.2 Å². The molecular formula is C15H12Cl2O2. The fraction of sp³-hybridized carbons (Fsp3) is 0.200. The number of aromatic hydroxyl groups is 1. The molecule has 0 spiro atoms. The molecule has 1 unspecified atom stereocenters. The Morgan fingerprint density at radius 3 is 2.37 bits per heavy atom. The van der Waals surface area contributed by atoms with Crippen LogP contribution in [0.1, 0.15) is 23.7 Å². The van der Waals surface area contributed by atoms with Crippen molar-refractivity contribution in [1.82, 2.24) is 0 Å². The highest BCUT2D eigenvalue weighted by molar-refractivity contribution is 6.37. The summed E-state index contributed by atoms with van der Waals surface area (Å²) in [5.41, 5.74) is 4.00. The van der Waals surface area contributed by atoms with Crippen LogP contribution in [0.15, 0.2) is 30.3 Å². The molecule has 0 heterocycles. The van der Waals surface area contributed by atoms with Crippen molar-refractivity contribution in [2.45, 2.75) is 18.9 Å². The summed E-state index contributed by atoms with van der Waals surface area (Å²) in [7, 11) is 0. The number of aliphatic hydroxyl groups is 1. The Kier molecular flexibility index (Phi) is 3.17. The van der Waals surface area contributed by atoms with Gasteiger partial charge in [-0.25, -0.2) is 0 Å². The van der Waals surface area contributed by atoms with Crippen molar-refractivity contribution in [3.05, 3.63) is 51.5 Å². The first-order valence-corrected chi connectivity index (χ1v) is 6.81. The maximum Gasteiger partial charge on any atom is 0.152 e. The van der Waals surface area contributed by atoms with Gasteiger partial charge >= 0.3 is 0 Å². The van der Waals surface area contributed by atoms with Crippen molar-refractivity contribution in [1.29, 1.82) is 0 Å². The number of fused-ring (bicyclic) bond motifs is 1. The lowest BCUT2D eigenvalue weighted by Gasteiger charge is -2.09. The summed E-state index contributed by atoms with van der Waals surface area (Å²) in [6, 6.07) is 9.31. The van der Waals surface area contributed by atoms with Gasteiger partial charge in [-0.3, -0.25) is 0 Å². The van der Waals surface area contributed by atoms with Crippen LogP contribution in [0.5, 0.6) is 5.75 Å². The molecule has 0 saturated heterocycles. The Hall–Kier alpha value is -1.22. The predicted molar refractivity (Wildman–Crippen MR) is 76.8 cm³/mol. The zero-order chi connectivity index (χ0) is 13.6. The molecule has 1 aliphatic carbocycles. The molecule has 1 aliphatic rings. The topological polar surface area (TPSA) is 40.5 Å². The van der Waals surface area contributed by atoms with E-state index < -0.39 is 0 Å². The van der Waals surface area contributed by atoms with Crippen LogP contribution in [-0.4, -0.2) is 10.2 Å². The van der Waals surface area contributed by atoms with Crippen molar-refractivity contribution < 1.29 is 10.2 Å². The van der Waals surface area contributed by atoms with E-state index in [2.05, 4.69) is 0 Å². The molecule has 0 aliphatic heterocycles. The SMILES string of the molecule is Oc1c(Cl)cc(-c2ccc3c(c2)CCC3O)cc1Cl. The van der Waals surface area contributed by atoms with E-state index in [4.69, 9.17) is 23.2 Å². The van der Waals surface area contributed by atoms with Gasteiger partial charge in [-0.2, -0.15) is 0 Å². The number of aryl methyl sites for hydroxylation is 1. The second-order valence-electron chi connectivity index (χ2n) is 4.76. The van der Waals surface area contributed by atoms with Crippen molar-refractivity contribution >= 4 is 23.2 Å². The van der Waals surface area contributed by atoms with Crippen LogP contribution >= 0.6 is 23.2 Å². The maximum absolute atomic E-state index is 9.79. The Balaban J connectivity index is 2.08. The van der Waals surface area contributed by atoms with Crippen LogP contribution in [0.25, 0.3) is 11.1 Å². The van der Waals surface area contributed by atoms with Crippen LogP contribution in [0.3, 0.4) is 0 Å². The summed E-state index contributed by atoms with van der Waals surface area (Å²) in [6.45, 7) is 0. The van der Waals surface area contributed by atoms with Gasteiger partial charge in [0.05, 0.1) is 16.1 Å². The third-order valence-corrected chi connectivity index (χ3v) is 4.12. The van der Waals surface area contributed by atoms with E-state index in [9.17, 15) is 10.2 Å². The van der Waals surface area contributed by atoms with Gasteiger partial charge in [0.1, 0.15) is 0 Å². The monoisotopic (exact) mass is 294 g/mol. The minimum Gasteiger partial charge on any atom is -0.505 e. The minimum atomic E-state index is -0.351. The van der Waals surface area contributed by atoms with Crippen LogP contribution < -0.4 is 0 Å². The number of hydrogen-bond donors (Lipinski definition) is 2. The molecule has 0 saturated carbocycles. The third kappa shape index (κ3) is 2.20. The average molecular weight is 295 g/mol. The van der Waals surface area contributed by atoms with Crippen molar-refractivity contribution in [2.24, 2.45) is 0 Å². The molecule has 0 fully saturated rings. The molecule has 2 nitrogen and oxygen atoms in total. The van der Waals surface area contributed by atoms with Crippen LogP contribution in [0.2, 0.25) is 10.0 Å². The van der Waals surface area contributed by atoms with Gasteiger partial charge in [-0.05, 0) is 47.2 Å². The fourth-order valence-electron chi connectivity index (χ4n) is 2.51. The Labute approximate surface area is 121 Å². The van der Waals surface area contributed by atoms with Crippen molar-refractivity contribution in [3.8, 4) is 16.9 Å². The summed E-state index contributed by atoms with van der Waals surface area (Å²) < 4.78 is 0. The molecule has 98 valence electrons. The zero-order valence-corrected chi connectivity index (χ0v) is 11.5. The van der Waals surface area contributed by atoms with Gasteiger partial charge in [-0.15, -0.1) is 0 Å². The first-order valence-electron chi connectivity index (χ1n) is 6.05. The Bertz CT molecular complexity index is 630. The first-order chi connectivity index (χ1) is 9.06. The van der Waals surface area contributed by atoms with E-state index >= 15 is 0 Å². The molecule has 0 aromatic heterocycles. The van der Waals surface area contributed by atoms with Crippen LogP contribution in [-0.2, 0) is 6.42 Å². The number of phenols is 1. The molecule has 19 heavy (non-hydrogen) atoms. The third-order valence-electron chi connectivity index (χ3n) is 3.54. The van der Waals surface area contributed by atoms with Gasteiger partial charge in [0, 0.05) is 0 Å². The lowest BCUT2D eigenvalue weighted by molar-refractivity contribution is 0.180. The lowest BCUT2D eigenvalue weighted by Crippen LogP contribution is -1.90. The summed E-state index contributed by atoms with van der Waals surface area (Å²) in [5, 5.41) is 19.8. The highest BCUT2D eigenvalue weighted by Gasteiger charge is 2.20. The van der Waals surface area contributed by atoms with E-state index in [1.165, 1.54) is 0 Å². The van der Waals surface area contributed by atoms with Gasteiger partial charge in [0.2, 0.25) is 0 Å². The number of benzene rings is 2. The second-order valence-corrected chi connectivity index (χ2v) is 5.57. The molecule has 1 atom stereocenters. The maximum atomic E-state index is 9.79. The molecule has 2 aromatic rings. The molecular weight excluding hydrogens is 283 g/mol. The van der Waals surface area contributed by atoms with E-state index in [0.29, 0.717) is 0 Å². The second kappa shape index (κ2) is 4.71. The smallest absolute Gasteiger partial charge is 0.152 e. The predicted octanol–water partition coefficient (Wildman–Crippen LogP) is 4.35. The minimum absolute atomic E-state index is 0.0938. The molecule has 4 heteroatoms. The van der Waals surface area contributed by atoms with E-state index in [0.717, 1.165) is 35.1 Å². The number of aliphatic hydroxyl groups excluding tert-OH is 1. The van der Waals surface area contributed by atoms with Crippen molar-refractivity contribution in [2.75, 3.05) is 0 Å². The standard InChI is InChI=1S/C15H12Cl2O2/c16-12-6-10(7-13(17)15(12)19)8-1-3-11-9(5-8)2-4-14(11)18/h1,3,5-7,14,18-19H,2,4H2. The number of hydrogen-bond acceptors (Lipinski definition) is 2. The normalized spacial score (nSPS) is 17.5. The van der Waals surface area contributed by atoms with Gasteiger partial charge in [0.15, 0.2) is 5.75 Å². The fourth-order valence-corrected chi connectivity index (χ4v) is 2.99. The van der Waals surface area contributed by atoms with E-state index in [1.807, 2.05) is 18.2 Å². The summed E-state index contributed by atoms with van der Waals surface area (Å²) in [5.74, 6) is -0.0938. The van der Waals surface area contributed by atoms with Gasteiger partial charge in [-0.1, -0.05) is 41.4 Å². The highest BCUT2D eigenvalue weighted by atomic mass is 35.5. The average Bonchev–Trinajstić information content (AvgIpc) is 2.76. The number of phenolic OH excluding ortho intramolecular Hbond substituents is 1. The van der Waals surface area contributed by atoms with E-state index in [1.54, 1.807) is 12.1 Å². The molecule has 0 bridgehead atoms. The molecule has 0 amide bonds. The lowest BCUT2D eigenvalue weighted by atomic mass is 10.00. The number of rotatable bonds is 1. The van der Waals surface area contributed by atoms with Crippen molar-refractivity contribution in [3.63, 3.8) is 0 Å². The Morgan fingerprint density at radius 1 is 1.00 bits per heavy atom. The number of halogens is 2. The molecule has 3 rings (SSSR count). The summed E-state index contributed by atoms with van der Waals surface area (Å²) in [4.78, 5) is 0. The van der Waals surface area contributed by atoms with Gasteiger partial charge in [0.25, 0.3) is 0 Å². The van der Waals surface area contributed by atoms with E-state index in [-0.39, 0.29) is 21.9 Å². The summed E-state index contributed by atoms with van der Waals surface area (Å²) >= 11 is 11.9. The summed E-state index contributed by atoms with van der Waals surface area (Å²) in [6.07, 6.45) is 1.30. The molecule has 2 aromatic carbocycles. The Morgan fingerprint density at radius 2 is 1.68 bits per heavy atom. The molecule has 2 N–H and O–H groups in total. The van der Waals surface area contributed by atoms with Crippen LogP contribution in [0, 0.1) is 0 Å². The highest BCUT2D eigenvalue weighted by Crippen LogP contribution is 2.38. The molecule has 0 radical (unpaired) electrons. The quantitative estimate of drug-likeness (QED) is 0.821. The zero-order valence-electron chi connectivity index (χ0n) is 10.0. The van der Waals surface area contributed by atoms with Crippen LogP contribution in [0.4, 0.5) is 0 Å².